The fourth-order valence-corrected chi connectivity index (χ4v) is 3.21. The molecule has 1 aliphatic rings. The van der Waals surface area contributed by atoms with E-state index in [9.17, 15) is 0 Å². The number of hydrogen-bond acceptors (Lipinski definition) is 6. The number of hydrogen-bond donors (Lipinski definition) is 0. The zero-order valence-corrected chi connectivity index (χ0v) is 13.5. The summed E-state index contributed by atoms with van der Waals surface area (Å²) in [6, 6.07) is 12.0. The lowest BCUT2D eigenvalue weighted by molar-refractivity contribution is 0.0676. The van der Waals surface area contributed by atoms with Gasteiger partial charge in [-0.15, -0.1) is 0 Å². The maximum absolute atomic E-state index is 5.82. The fraction of sp³-hybridized carbons (Fsp3) is 0.389. The lowest BCUT2D eigenvalue weighted by Crippen LogP contribution is -2.31. The van der Waals surface area contributed by atoms with E-state index in [0.29, 0.717) is 6.10 Å². The Bertz CT molecular complexity index is 784. The van der Waals surface area contributed by atoms with Crippen molar-refractivity contribution in [3.8, 4) is 0 Å². The number of nitrogens with zero attached hydrogens (tertiary/aromatic N) is 4. The molecule has 0 spiro atoms. The van der Waals surface area contributed by atoms with Gasteiger partial charge in [-0.05, 0) is 46.9 Å². The summed E-state index contributed by atoms with van der Waals surface area (Å²) in [7, 11) is 0. The Hall–Kier alpha value is -2.31. The van der Waals surface area contributed by atoms with Crippen LogP contribution in [0.5, 0.6) is 0 Å². The van der Waals surface area contributed by atoms with Gasteiger partial charge in [0.1, 0.15) is 11.0 Å². The summed E-state index contributed by atoms with van der Waals surface area (Å²) in [5, 5.41) is 7.98. The van der Waals surface area contributed by atoms with Crippen LogP contribution in [0.3, 0.4) is 0 Å². The SMILES string of the molecule is c1ccc(CN(Cc2cccc3nonc23)C[C@@H]2CCCO2)nc1. The monoisotopic (exact) mass is 324 g/mol. The quantitative estimate of drug-likeness (QED) is 0.695. The van der Waals surface area contributed by atoms with Crippen molar-refractivity contribution in [3.05, 3.63) is 53.9 Å². The molecule has 6 heteroatoms. The van der Waals surface area contributed by atoms with E-state index in [4.69, 9.17) is 9.37 Å². The summed E-state index contributed by atoms with van der Waals surface area (Å²) < 4.78 is 10.7. The first-order chi connectivity index (χ1) is 11.9. The number of fused-ring (bicyclic) bond motifs is 1. The van der Waals surface area contributed by atoms with E-state index >= 15 is 0 Å². The van der Waals surface area contributed by atoms with E-state index in [1.165, 1.54) is 0 Å². The molecular weight excluding hydrogens is 304 g/mol. The maximum atomic E-state index is 5.82. The van der Waals surface area contributed by atoms with Gasteiger partial charge in [-0.25, -0.2) is 4.63 Å². The van der Waals surface area contributed by atoms with E-state index < -0.39 is 0 Å². The molecule has 0 N–H and O–H groups in total. The Morgan fingerprint density at radius 2 is 2.08 bits per heavy atom. The minimum absolute atomic E-state index is 0.295. The Morgan fingerprint density at radius 3 is 2.92 bits per heavy atom. The third kappa shape index (κ3) is 3.44. The summed E-state index contributed by atoms with van der Waals surface area (Å²) >= 11 is 0. The Balaban J connectivity index is 1.55. The summed E-state index contributed by atoms with van der Waals surface area (Å²) in [6.45, 7) is 3.30. The third-order valence-electron chi connectivity index (χ3n) is 4.36. The number of pyridine rings is 1. The van der Waals surface area contributed by atoms with Crippen LogP contribution in [0.1, 0.15) is 24.1 Å². The summed E-state index contributed by atoms with van der Waals surface area (Å²) in [5.41, 5.74) is 3.79. The van der Waals surface area contributed by atoms with Gasteiger partial charge in [-0.3, -0.25) is 9.88 Å². The van der Waals surface area contributed by atoms with E-state index in [2.05, 4.69) is 32.3 Å². The van der Waals surface area contributed by atoms with Gasteiger partial charge >= 0.3 is 0 Å². The Kier molecular flexibility index (Phi) is 4.49. The molecule has 1 fully saturated rings. The number of ether oxygens (including phenoxy) is 1. The second kappa shape index (κ2) is 7.07. The van der Waals surface area contributed by atoms with Crippen molar-refractivity contribution < 1.29 is 9.37 Å². The molecule has 0 bridgehead atoms. The molecule has 6 nitrogen and oxygen atoms in total. The van der Waals surface area contributed by atoms with Crippen LogP contribution >= 0.6 is 0 Å². The van der Waals surface area contributed by atoms with E-state index in [0.717, 1.165) is 61.4 Å². The van der Waals surface area contributed by atoms with Crippen LogP contribution in [0.15, 0.2) is 47.2 Å². The van der Waals surface area contributed by atoms with Gasteiger partial charge in [0.2, 0.25) is 0 Å². The van der Waals surface area contributed by atoms with Crippen molar-refractivity contribution in [2.45, 2.75) is 32.0 Å². The highest BCUT2D eigenvalue weighted by atomic mass is 16.6. The van der Waals surface area contributed by atoms with Crippen LogP contribution in [0.25, 0.3) is 11.0 Å². The molecule has 3 heterocycles. The van der Waals surface area contributed by atoms with Crippen molar-refractivity contribution in [2.24, 2.45) is 0 Å². The molecule has 0 aliphatic carbocycles. The third-order valence-corrected chi connectivity index (χ3v) is 4.36. The smallest absolute Gasteiger partial charge is 0.139 e. The molecule has 3 aromatic rings. The Morgan fingerprint density at radius 1 is 1.08 bits per heavy atom. The second-order valence-electron chi connectivity index (χ2n) is 6.17. The van der Waals surface area contributed by atoms with Crippen molar-refractivity contribution in [1.82, 2.24) is 20.2 Å². The topological polar surface area (TPSA) is 64.3 Å². The van der Waals surface area contributed by atoms with Crippen LogP contribution in [-0.4, -0.2) is 39.5 Å². The molecule has 1 atom stereocenters. The molecule has 2 aromatic heterocycles. The molecule has 4 rings (SSSR count). The van der Waals surface area contributed by atoms with Gasteiger partial charge in [-0.1, -0.05) is 18.2 Å². The zero-order valence-electron chi connectivity index (χ0n) is 13.5. The van der Waals surface area contributed by atoms with Crippen LogP contribution in [-0.2, 0) is 17.8 Å². The van der Waals surface area contributed by atoms with E-state index in [1.54, 1.807) is 0 Å². The van der Waals surface area contributed by atoms with Gasteiger partial charge in [0.05, 0.1) is 11.8 Å². The van der Waals surface area contributed by atoms with Crippen molar-refractivity contribution in [3.63, 3.8) is 0 Å². The highest BCUT2D eigenvalue weighted by Crippen LogP contribution is 2.20. The first-order valence-electron chi connectivity index (χ1n) is 8.32. The molecular formula is C18H20N4O2. The average molecular weight is 324 g/mol. The Labute approximate surface area is 140 Å². The first kappa shape index (κ1) is 15.2. The summed E-state index contributed by atoms with van der Waals surface area (Å²) in [6.07, 6.45) is 4.39. The van der Waals surface area contributed by atoms with Crippen LogP contribution < -0.4 is 0 Å². The first-order valence-corrected chi connectivity index (χ1v) is 8.32. The van der Waals surface area contributed by atoms with Gasteiger partial charge < -0.3 is 4.74 Å². The molecule has 1 saturated heterocycles. The average Bonchev–Trinajstić information content (AvgIpc) is 3.27. The number of aromatic nitrogens is 3. The zero-order chi connectivity index (χ0) is 16.2. The molecule has 24 heavy (non-hydrogen) atoms. The largest absolute Gasteiger partial charge is 0.377 e. The number of benzene rings is 1. The lowest BCUT2D eigenvalue weighted by Gasteiger charge is -2.25. The van der Waals surface area contributed by atoms with Gasteiger partial charge in [0.25, 0.3) is 0 Å². The minimum Gasteiger partial charge on any atom is -0.377 e. The summed E-state index contributed by atoms with van der Waals surface area (Å²) in [4.78, 5) is 6.82. The summed E-state index contributed by atoms with van der Waals surface area (Å²) in [5.74, 6) is 0. The second-order valence-corrected chi connectivity index (χ2v) is 6.17. The molecule has 1 aromatic carbocycles. The van der Waals surface area contributed by atoms with Crippen molar-refractivity contribution in [1.29, 1.82) is 0 Å². The van der Waals surface area contributed by atoms with Crippen LogP contribution in [0.4, 0.5) is 0 Å². The molecule has 1 aliphatic heterocycles. The van der Waals surface area contributed by atoms with Gasteiger partial charge in [0, 0.05) is 32.4 Å². The highest BCUT2D eigenvalue weighted by molar-refractivity contribution is 5.76. The molecule has 0 unspecified atom stereocenters. The van der Waals surface area contributed by atoms with Crippen LogP contribution in [0, 0.1) is 0 Å². The molecule has 0 amide bonds. The van der Waals surface area contributed by atoms with E-state index in [-0.39, 0.29) is 0 Å². The number of rotatable bonds is 6. The predicted octanol–water partition coefficient (Wildman–Crippen LogP) is 2.80. The maximum Gasteiger partial charge on any atom is 0.139 e. The van der Waals surface area contributed by atoms with Crippen LogP contribution in [0.2, 0.25) is 0 Å². The normalized spacial score (nSPS) is 17.8. The van der Waals surface area contributed by atoms with Crippen molar-refractivity contribution in [2.75, 3.05) is 13.2 Å². The van der Waals surface area contributed by atoms with Crippen molar-refractivity contribution >= 4 is 11.0 Å². The molecule has 0 saturated carbocycles. The fourth-order valence-electron chi connectivity index (χ4n) is 3.21. The molecule has 124 valence electrons. The van der Waals surface area contributed by atoms with Gasteiger partial charge in [0.15, 0.2) is 0 Å². The predicted molar refractivity (Wildman–Crippen MR) is 89.1 cm³/mol. The lowest BCUT2D eigenvalue weighted by atomic mass is 10.1. The molecule has 0 radical (unpaired) electrons. The van der Waals surface area contributed by atoms with E-state index in [1.807, 2.05) is 30.5 Å². The minimum atomic E-state index is 0.295. The highest BCUT2D eigenvalue weighted by Gasteiger charge is 2.21. The van der Waals surface area contributed by atoms with Gasteiger partial charge in [-0.2, -0.15) is 0 Å². The standard InChI is InChI=1S/C18H20N4O2/c1-2-9-19-15(6-1)12-22(13-16-7-4-10-23-16)11-14-5-3-8-17-18(14)21-24-20-17/h1-3,5-6,8-9,16H,4,7,10-13H2/t16-/m0/s1.